The summed E-state index contributed by atoms with van der Waals surface area (Å²) in [5.74, 6) is 0. The van der Waals surface area contributed by atoms with E-state index in [0.29, 0.717) is 12.8 Å². The van der Waals surface area contributed by atoms with Crippen molar-refractivity contribution >= 4 is 12.6 Å². The van der Waals surface area contributed by atoms with Crippen LogP contribution >= 0.6 is 0 Å². The molecule has 4 heteroatoms. The van der Waals surface area contributed by atoms with Crippen LogP contribution in [0, 0.1) is 5.41 Å². The van der Waals surface area contributed by atoms with Crippen LogP contribution in [-0.4, -0.2) is 35.5 Å². The third-order valence-corrected chi connectivity index (χ3v) is 2.29. The Hall–Kier alpha value is -0.740. The Morgan fingerprint density at radius 2 is 1.87 bits per heavy atom. The smallest absolute Gasteiger partial charge is 0.128 e. The molecule has 0 heterocycles. The third-order valence-electron chi connectivity index (χ3n) is 2.29. The van der Waals surface area contributed by atoms with Crippen molar-refractivity contribution in [2.45, 2.75) is 46.1 Å². The van der Waals surface area contributed by atoms with Crippen LogP contribution in [0.5, 0.6) is 0 Å². The minimum absolute atomic E-state index is 0.0486. The Labute approximate surface area is 91.3 Å². The van der Waals surface area contributed by atoms with E-state index >= 15 is 0 Å². The molecule has 2 unspecified atom stereocenters. The first kappa shape index (κ1) is 16.7. The van der Waals surface area contributed by atoms with Crippen LogP contribution in [0.1, 0.15) is 40.0 Å². The highest BCUT2D eigenvalue weighted by molar-refractivity contribution is 5.58. The summed E-state index contributed by atoms with van der Waals surface area (Å²) < 4.78 is 0. The quantitative estimate of drug-likeness (QED) is 0.651. The molecule has 0 aromatic carbocycles. The van der Waals surface area contributed by atoms with Gasteiger partial charge < -0.3 is 19.8 Å². The number of carbonyl (C=O) groups excluding carboxylic acids is 2. The second-order valence-electron chi connectivity index (χ2n) is 3.75. The zero-order valence-electron chi connectivity index (χ0n) is 9.77. The van der Waals surface area contributed by atoms with Gasteiger partial charge in [0.2, 0.25) is 0 Å². The average Bonchev–Trinajstić information content (AvgIpc) is 2.29. The number of hydrogen-bond acceptors (Lipinski definition) is 4. The van der Waals surface area contributed by atoms with Gasteiger partial charge >= 0.3 is 0 Å². The zero-order chi connectivity index (χ0) is 12.3. The molecule has 0 amide bonds. The van der Waals surface area contributed by atoms with Gasteiger partial charge in [0.1, 0.15) is 12.6 Å². The lowest BCUT2D eigenvalue weighted by atomic mass is 9.91. The van der Waals surface area contributed by atoms with Gasteiger partial charge in [-0.25, -0.2) is 0 Å². The van der Waals surface area contributed by atoms with Gasteiger partial charge in [0.05, 0.1) is 12.7 Å². The summed E-state index contributed by atoms with van der Waals surface area (Å²) >= 11 is 0. The van der Waals surface area contributed by atoms with Gasteiger partial charge in [-0.05, 0) is 12.8 Å². The molecule has 4 nitrogen and oxygen atoms in total. The van der Waals surface area contributed by atoms with Gasteiger partial charge in [0, 0.05) is 11.8 Å². The molecule has 0 spiro atoms. The van der Waals surface area contributed by atoms with E-state index in [4.69, 9.17) is 10.2 Å². The molecule has 0 aliphatic heterocycles. The van der Waals surface area contributed by atoms with Crippen molar-refractivity contribution in [3.05, 3.63) is 0 Å². The summed E-state index contributed by atoms with van der Waals surface area (Å²) in [6, 6.07) is 0. The Kier molecular flexibility index (Phi) is 10.9. The molecule has 15 heavy (non-hydrogen) atoms. The van der Waals surface area contributed by atoms with Crippen molar-refractivity contribution in [1.82, 2.24) is 0 Å². The maximum Gasteiger partial charge on any atom is 0.128 e. The predicted octanol–water partition coefficient (Wildman–Crippen LogP) is 0.940. The highest BCUT2D eigenvalue weighted by Crippen LogP contribution is 2.14. The highest BCUT2D eigenvalue weighted by atomic mass is 16.3. The van der Waals surface area contributed by atoms with E-state index in [1.165, 1.54) is 0 Å². The number of hydrogen-bond donors (Lipinski definition) is 2. The summed E-state index contributed by atoms with van der Waals surface area (Å²) in [5.41, 5.74) is -0.500. The van der Waals surface area contributed by atoms with Gasteiger partial charge in [-0.15, -0.1) is 0 Å². The molecule has 0 radical (unpaired) electrons. The van der Waals surface area contributed by atoms with Crippen LogP contribution in [0.25, 0.3) is 0 Å². The minimum Gasteiger partial charge on any atom is -0.395 e. The van der Waals surface area contributed by atoms with Crippen LogP contribution in [0.2, 0.25) is 0 Å². The third kappa shape index (κ3) is 9.56. The van der Waals surface area contributed by atoms with Crippen molar-refractivity contribution in [3.63, 3.8) is 0 Å². The summed E-state index contributed by atoms with van der Waals surface area (Å²) in [7, 11) is 0. The fraction of sp³-hybridized carbons (Fsp3) is 0.818. The van der Waals surface area contributed by atoms with Crippen molar-refractivity contribution in [2.24, 2.45) is 5.41 Å². The number of carbonyl (C=O) groups is 2. The van der Waals surface area contributed by atoms with Crippen molar-refractivity contribution in [1.29, 1.82) is 0 Å². The van der Waals surface area contributed by atoms with E-state index in [1.54, 1.807) is 6.92 Å². The van der Waals surface area contributed by atoms with E-state index in [2.05, 4.69) is 0 Å². The molecule has 0 bridgehead atoms. The minimum atomic E-state index is -0.500. The molecule has 0 saturated carbocycles. The zero-order valence-corrected chi connectivity index (χ0v) is 9.77. The topological polar surface area (TPSA) is 74.6 Å². The van der Waals surface area contributed by atoms with Crippen molar-refractivity contribution < 1.29 is 19.8 Å². The van der Waals surface area contributed by atoms with Crippen molar-refractivity contribution in [3.8, 4) is 0 Å². The number of rotatable bonds is 6. The average molecular weight is 218 g/mol. The maximum absolute atomic E-state index is 10.1. The summed E-state index contributed by atoms with van der Waals surface area (Å²) in [6.45, 7) is 5.41. The highest BCUT2D eigenvalue weighted by Gasteiger charge is 2.18. The second kappa shape index (κ2) is 9.80. The van der Waals surface area contributed by atoms with Gasteiger partial charge in [-0.1, -0.05) is 20.8 Å². The first-order chi connectivity index (χ1) is 6.99. The number of aldehydes is 2. The predicted molar refractivity (Wildman–Crippen MR) is 58.5 cm³/mol. The van der Waals surface area contributed by atoms with Crippen LogP contribution < -0.4 is 0 Å². The van der Waals surface area contributed by atoms with Gasteiger partial charge in [0.25, 0.3) is 0 Å². The standard InChI is InChI=1S/C6H12O2.C5H10O2/c1-3-6(2,4-7)5-8;1-2-5(7)3-4-6/h4,8H,3,5H2,1-2H3;4-5,7H,2-3H2,1H3. The fourth-order valence-corrected chi connectivity index (χ4v) is 0.510. The van der Waals surface area contributed by atoms with Gasteiger partial charge in [-0.3, -0.25) is 0 Å². The Morgan fingerprint density at radius 1 is 1.33 bits per heavy atom. The SMILES string of the molecule is CCC(C)(C=O)CO.CCC(O)CC=O. The van der Waals surface area contributed by atoms with Gasteiger partial charge in [-0.2, -0.15) is 0 Å². The van der Waals surface area contributed by atoms with Crippen LogP contribution in [0.3, 0.4) is 0 Å². The summed E-state index contributed by atoms with van der Waals surface area (Å²) in [4.78, 5) is 19.7. The Morgan fingerprint density at radius 3 is 1.93 bits per heavy atom. The normalized spacial score (nSPS) is 15.5. The van der Waals surface area contributed by atoms with E-state index in [9.17, 15) is 9.59 Å². The molecule has 2 N–H and O–H groups in total. The molecule has 0 aliphatic carbocycles. The Balaban J connectivity index is 0. The molecule has 0 saturated heterocycles. The lowest BCUT2D eigenvalue weighted by molar-refractivity contribution is -0.117. The van der Waals surface area contributed by atoms with Crippen LogP contribution in [0.15, 0.2) is 0 Å². The van der Waals surface area contributed by atoms with Crippen molar-refractivity contribution in [2.75, 3.05) is 6.61 Å². The first-order valence-electron chi connectivity index (χ1n) is 5.18. The van der Waals surface area contributed by atoms with E-state index in [0.717, 1.165) is 12.6 Å². The maximum atomic E-state index is 10.1. The second-order valence-corrected chi connectivity index (χ2v) is 3.75. The molecule has 0 aliphatic rings. The molecule has 0 aromatic heterocycles. The van der Waals surface area contributed by atoms with Crippen LogP contribution in [0.4, 0.5) is 0 Å². The van der Waals surface area contributed by atoms with E-state index < -0.39 is 11.5 Å². The molecule has 90 valence electrons. The monoisotopic (exact) mass is 218 g/mol. The van der Waals surface area contributed by atoms with E-state index in [-0.39, 0.29) is 13.0 Å². The molecular formula is C11H22O4. The number of aliphatic hydroxyl groups excluding tert-OH is 2. The summed E-state index contributed by atoms with van der Waals surface area (Å²) in [5, 5.41) is 17.2. The lowest BCUT2D eigenvalue weighted by Gasteiger charge is -2.15. The molecule has 0 rings (SSSR count). The fourth-order valence-electron chi connectivity index (χ4n) is 0.510. The molecule has 0 fully saturated rings. The Bertz CT molecular complexity index is 164. The first-order valence-corrected chi connectivity index (χ1v) is 5.18. The largest absolute Gasteiger partial charge is 0.395 e. The lowest BCUT2D eigenvalue weighted by Crippen LogP contribution is -2.21. The molecule has 2 atom stereocenters. The van der Waals surface area contributed by atoms with Crippen LogP contribution in [-0.2, 0) is 9.59 Å². The van der Waals surface area contributed by atoms with E-state index in [1.807, 2.05) is 13.8 Å². The van der Waals surface area contributed by atoms with Gasteiger partial charge in [0.15, 0.2) is 0 Å². The molecule has 0 aromatic rings. The number of aliphatic hydroxyl groups is 2. The molecular weight excluding hydrogens is 196 g/mol. The summed E-state index contributed by atoms with van der Waals surface area (Å²) in [6.07, 6.45) is 2.75.